The van der Waals surface area contributed by atoms with Crippen molar-refractivity contribution in [2.24, 2.45) is 7.05 Å². The fourth-order valence-corrected chi connectivity index (χ4v) is 3.71. The Kier molecular flexibility index (Phi) is 4.66. The summed E-state index contributed by atoms with van der Waals surface area (Å²) in [5, 5.41) is 13.8. The molecule has 1 N–H and O–H groups in total. The van der Waals surface area contributed by atoms with Crippen LogP contribution in [0, 0.1) is 18.6 Å². The number of hydrogen-bond donors (Lipinski definition) is 1. The van der Waals surface area contributed by atoms with Gasteiger partial charge in [0.2, 0.25) is 0 Å². The lowest BCUT2D eigenvalue weighted by Gasteiger charge is -2.25. The highest BCUT2D eigenvalue weighted by Crippen LogP contribution is 2.33. The fourth-order valence-electron chi connectivity index (χ4n) is 3.51. The Hall–Kier alpha value is -1.50. The lowest BCUT2D eigenvalue weighted by atomic mass is 10.00. The highest BCUT2D eigenvalue weighted by Gasteiger charge is 2.27. The third kappa shape index (κ3) is 3.24. The van der Waals surface area contributed by atoms with Gasteiger partial charge in [-0.1, -0.05) is 29.3 Å². The number of aromatic nitrogens is 3. The molecule has 0 amide bonds. The summed E-state index contributed by atoms with van der Waals surface area (Å²) in [5.74, 6) is 0.608. The predicted octanol–water partition coefficient (Wildman–Crippen LogP) is 2.85. The van der Waals surface area contributed by atoms with Crippen LogP contribution >= 0.6 is 12.2 Å². The van der Waals surface area contributed by atoms with Gasteiger partial charge in [0, 0.05) is 19.6 Å². The van der Waals surface area contributed by atoms with E-state index in [0.717, 1.165) is 13.0 Å². The second-order valence-electron chi connectivity index (χ2n) is 6.45. The van der Waals surface area contributed by atoms with Crippen molar-refractivity contribution in [3.63, 3.8) is 0 Å². The van der Waals surface area contributed by atoms with Crippen LogP contribution < -0.4 is 0 Å². The first-order valence-corrected chi connectivity index (χ1v) is 8.46. The average molecular weight is 332 g/mol. The third-order valence-corrected chi connectivity index (χ3v) is 5.07. The first-order valence-electron chi connectivity index (χ1n) is 8.05. The average Bonchev–Trinajstić information content (AvgIpc) is 3.06. The summed E-state index contributed by atoms with van der Waals surface area (Å²) in [7, 11) is 1.85. The van der Waals surface area contributed by atoms with Crippen LogP contribution in [0.25, 0.3) is 0 Å². The van der Waals surface area contributed by atoms with Crippen molar-refractivity contribution in [3.8, 4) is 0 Å². The van der Waals surface area contributed by atoms with Gasteiger partial charge < -0.3 is 9.67 Å². The van der Waals surface area contributed by atoms with E-state index in [1.165, 1.54) is 23.1 Å². The van der Waals surface area contributed by atoms with Crippen molar-refractivity contribution in [2.45, 2.75) is 46.0 Å². The van der Waals surface area contributed by atoms with Crippen LogP contribution in [0.3, 0.4) is 0 Å². The molecule has 1 aliphatic rings. The van der Waals surface area contributed by atoms with E-state index in [0.29, 0.717) is 23.3 Å². The zero-order valence-corrected chi connectivity index (χ0v) is 14.8. The number of aliphatic hydroxyl groups is 1. The van der Waals surface area contributed by atoms with Crippen LogP contribution in [0.2, 0.25) is 0 Å². The topological polar surface area (TPSA) is 46.2 Å². The maximum absolute atomic E-state index is 9.35. The molecule has 0 aliphatic carbocycles. The van der Waals surface area contributed by atoms with Crippen LogP contribution in [0.15, 0.2) is 18.2 Å². The zero-order valence-electron chi connectivity index (χ0n) is 14.0. The van der Waals surface area contributed by atoms with Gasteiger partial charge in [-0.05, 0) is 44.5 Å². The van der Waals surface area contributed by atoms with Crippen LogP contribution in [0.1, 0.15) is 41.4 Å². The van der Waals surface area contributed by atoms with E-state index >= 15 is 0 Å². The maximum Gasteiger partial charge on any atom is 0.198 e. The number of hydrogen-bond acceptors (Lipinski definition) is 4. The van der Waals surface area contributed by atoms with Crippen molar-refractivity contribution in [1.82, 2.24) is 19.2 Å². The fraction of sp³-hybridized carbons (Fsp3) is 0.529. The summed E-state index contributed by atoms with van der Waals surface area (Å²) in [6.45, 7) is 5.93. The molecule has 0 saturated carbocycles. The SMILES string of the molecule is Cc1cc(C)cc(C2CCCN2Cn2nc(CO)n(C)c2=S)c1. The van der Waals surface area contributed by atoms with E-state index < -0.39 is 0 Å². The maximum atomic E-state index is 9.35. The van der Waals surface area contributed by atoms with Crippen LogP contribution in [0.4, 0.5) is 0 Å². The zero-order chi connectivity index (χ0) is 16.6. The van der Waals surface area contributed by atoms with Gasteiger partial charge in [-0.25, -0.2) is 4.68 Å². The molecule has 23 heavy (non-hydrogen) atoms. The molecule has 2 aromatic rings. The predicted molar refractivity (Wildman–Crippen MR) is 92.6 cm³/mol. The molecule has 6 heteroatoms. The van der Waals surface area contributed by atoms with E-state index in [2.05, 4.69) is 42.0 Å². The normalized spacial score (nSPS) is 18.7. The molecule has 1 aliphatic heterocycles. The number of benzene rings is 1. The monoisotopic (exact) mass is 332 g/mol. The molecule has 2 heterocycles. The van der Waals surface area contributed by atoms with Gasteiger partial charge in [-0.2, -0.15) is 5.10 Å². The Labute approximate surface area is 142 Å². The number of nitrogens with zero attached hydrogens (tertiary/aromatic N) is 4. The minimum Gasteiger partial charge on any atom is -0.388 e. The van der Waals surface area contributed by atoms with Gasteiger partial charge in [0.05, 0.1) is 6.67 Å². The van der Waals surface area contributed by atoms with E-state index in [4.69, 9.17) is 12.2 Å². The molecular formula is C17H24N4OS. The molecule has 1 fully saturated rings. The van der Waals surface area contributed by atoms with Crippen LogP contribution in [0.5, 0.6) is 0 Å². The Morgan fingerprint density at radius 3 is 2.57 bits per heavy atom. The first kappa shape index (κ1) is 16.4. The molecule has 0 bridgehead atoms. The lowest BCUT2D eigenvalue weighted by molar-refractivity contribution is 0.188. The molecule has 1 atom stereocenters. The number of aliphatic hydroxyl groups excluding tert-OH is 1. The first-order chi connectivity index (χ1) is 11.0. The second kappa shape index (κ2) is 6.55. The van der Waals surface area contributed by atoms with E-state index in [1.807, 2.05) is 11.7 Å². The molecule has 3 rings (SSSR count). The molecule has 1 unspecified atom stereocenters. The molecule has 0 spiro atoms. The molecule has 1 aromatic heterocycles. The summed E-state index contributed by atoms with van der Waals surface area (Å²) in [4.78, 5) is 2.43. The minimum atomic E-state index is -0.0896. The Balaban J connectivity index is 1.86. The number of aryl methyl sites for hydroxylation is 2. The third-order valence-electron chi connectivity index (χ3n) is 4.58. The molecule has 1 aromatic carbocycles. The summed E-state index contributed by atoms with van der Waals surface area (Å²) >= 11 is 5.44. The van der Waals surface area contributed by atoms with Gasteiger partial charge in [0.15, 0.2) is 10.6 Å². The minimum absolute atomic E-state index is 0.0896. The Bertz CT molecular complexity index is 744. The van der Waals surface area contributed by atoms with Gasteiger partial charge in [-0.3, -0.25) is 4.90 Å². The molecule has 0 radical (unpaired) electrons. The molecule has 1 saturated heterocycles. The van der Waals surface area contributed by atoms with Gasteiger partial charge in [-0.15, -0.1) is 0 Å². The quantitative estimate of drug-likeness (QED) is 0.875. The number of rotatable bonds is 4. The van der Waals surface area contributed by atoms with Crippen molar-refractivity contribution in [1.29, 1.82) is 0 Å². The molecule has 124 valence electrons. The van der Waals surface area contributed by atoms with Crippen molar-refractivity contribution in [3.05, 3.63) is 45.5 Å². The van der Waals surface area contributed by atoms with E-state index in [1.54, 1.807) is 4.57 Å². The van der Waals surface area contributed by atoms with Crippen LogP contribution in [-0.2, 0) is 20.3 Å². The van der Waals surface area contributed by atoms with Crippen molar-refractivity contribution in [2.75, 3.05) is 6.54 Å². The van der Waals surface area contributed by atoms with Crippen molar-refractivity contribution >= 4 is 12.2 Å². The Morgan fingerprint density at radius 1 is 1.26 bits per heavy atom. The van der Waals surface area contributed by atoms with Gasteiger partial charge in [0.25, 0.3) is 0 Å². The largest absolute Gasteiger partial charge is 0.388 e. The lowest BCUT2D eigenvalue weighted by Crippen LogP contribution is -2.27. The summed E-state index contributed by atoms with van der Waals surface area (Å²) in [5.41, 5.74) is 4.00. The summed E-state index contributed by atoms with van der Waals surface area (Å²) < 4.78 is 4.25. The van der Waals surface area contributed by atoms with Crippen molar-refractivity contribution < 1.29 is 5.11 Å². The highest BCUT2D eigenvalue weighted by molar-refractivity contribution is 7.71. The highest BCUT2D eigenvalue weighted by atomic mass is 32.1. The number of likely N-dealkylation sites (tertiary alicyclic amines) is 1. The molecule has 5 nitrogen and oxygen atoms in total. The standard InChI is InChI=1S/C17H24N4OS/c1-12-7-13(2)9-14(8-12)15-5-4-6-20(15)11-21-17(23)19(3)16(10-22)18-21/h7-9,15,22H,4-6,10-11H2,1-3H3. The Morgan fingerprint density at radius 2 is 1.96 bits per heavy atom. The van der Waals surface area contributed by atoms with E-state index in [-0.39, 0.29) is 6.61 Å². The smallest absolute Gasteiger partial charge is 0.198 e. The summed E-state index contributed by atoms with van der Waals surface area (Å²) in [6.07, 6.45) is 2.35. The van der Waals surface area contributed by atoms with E-state index in [9.17, 15) is 5.11 Å². The van der Waals surface area contributed by atoms with Gasteiger partial charge >= 0.3 is 0 Å². The summed E-state index contributed by atoms with van der Waals surface area (Å²) in [6, 6.07) is 7.19. The second-order valence-corrected chi connectivity index (χ2v) is 6.81. The van der Waals surface area contributed by atoms with Gasteiger partial charge in [0.1, 0.15) is 6.61 Å². The van der Waals surface area contributed by atoms with Crippen LogP contribution in [-0.4, -0.2) is 30.9 Å². The molecular weight excluding hydrogens is 308 g/mol.